The van der Waals surface area contributed by atoms with Crippen LogP contribution in [0.15, 0.2) is 42.6 Å². The molecule has 4 aromatic rings. The Kier molecular flexibility index (Phi) is 8.80. The SMILES string of the molecule is Cc1ccc(-c2c(C(OC(C)(C)C)C(=O)O)c(C)c3c4c2cc(-c2ccnc(N5CCN(C(C)C)CC5)n2)n4CCN3S(C)(=O)=O)cc1. The number of carbonyl (C=O) groups is 1. The molecule has 48 heavy (non-hydrogen) atoms. The lowest BCUT2D eigenvalue weighted by molar-refractivity contribution is -0.160. The first-order valence-corrected chi connectivity index (χ1v) is 18.4. The zero-order valence-corrected chi connectivity index (χ0v) is 29.9. The fraction of sp³-hybridized carbons (Fsp3) is 0.472. The highest BCUT2D eigenvalue weighted by Gasteiger charge is 2.38. The summed E-state index contributed by atoms with van der Waals surface area (Å²) >= 11 is 0. The number of aryl methyl sites for hydroxylation is 1. The van der Waals surface area contributed by atoms with E-state index in [1.165, 1.54) is 10.6 Å². The van der Waals surface area contributed by atoms with E-state index in [0.717, 1.165) is 59.6 Å². The Labute approximate surface area is 283 Å². The van der Waals surface area contributed by atoms with Gasteiger partial charge in [-0.05, 0) is 77.3 Å². The Morgan fingerprint density at radius 2 is 1.65 bits per heavy atom. The summed E-state index contributed by atoms with van der Waals surface area (Å²) in [5, 5.41) is 11.4. The standard InChI is InChI=1S/C36H46N6O5S/c1-22(2)39-15-17-40(18-16-39)35-37-14-13-27(38-35)28-21-26-30(25-11-9-23(3)10-12-25)29(33(34(43)44)47-36(5,6)7)24(4)31-32(26)41(28)19-20-42(31)48(8,45)46/h9-14,21-22,33H,15-20H2,1-8H3,(H,43,44). The number of ether oxygens (including phenoxy) is 1. The molecule has 6 rings (SSSR count). The van der Waals surface area contributed by atoms with Gasteiger partial charge in [0.05, 0.1) is 41.0 Å². The Morgan fingerprint density at radius 1 is 0.979 bits per heavy atom. The minimum absolute atomic E-state index is 0.194. The number of sulfonamides is 1. The molecule has 1 saturated heterocycles. The van der Waals surface area contributed by atoms with Gasteiger partial charge in [0, 0.05) is 55.9 Å². The molecule has 256 valence electrons. The molecule has 0 spiro atoms. The number of rotatable bonds is 8. The predicted molar refractivity (Wildman–Crippen MR) is 190 cm³/mol. The summed E-state index contributed by atoms with van der Waals surface area (Å²) in [5.41, 5.74) is 5.52. The molecule has 2 aromatic carbocycles. The van der Waals surface area contributed by atoms with Crippen LogP contribution in [0.2, 0.25) is 0 Å². The van der Waals surface area contributed by atoms with Crippen molar-refractivity contribution in [1.82, 2.24) is 19.4 Å². The molecule has 11 nitrogen and oxygen atoms in total. The number of anilines is 2. The van der Waals surface area contributed by atoms with Crippen molar-refractivity contribution in [3.05, 3.63) is 59.3 Å². The smallest absolute Gasteiger partial charge is 0.337 e. The van der Waals surface area contributed by atoms with Crippen LogP contribution in [0.3, 0.4) is 0 Å². The number of aliphatic carboxylic acids is 1. The minimum Gasteiger partial charge on any atom is -0.479 e. The Morgan fingerprint density at radius 3 is 2.23 bits per heavy atom. The lowest BCUT2D eigenvalue weighted by atomic mass is 9.87. The third-order valence-electron chi connectivity index (χ3n) is 9.33. The van der Waals surface area contributed by atoms with Crippen molar-refractivity contribution in [3.8, 4) is 22.5 Å². The normalized spacial score (nSPS) is 16.6. The van der Waals surface area contributed by atoms with Gasteiger partial charge in [-0.3, -0.25) is 9.21 Å². The van der Waals surface area contributed by atoms with Gasteiger partial charge in [-0.15, -0.1) is 0 Å². The van der Waals surface area contributed by atoms with Gasteiger partial charge in [0.2, 0.25) is 16.0 Å². The number of aromatic nitrogens is 3. The van der Waals surface area contributed by atoms with Crippen LogP contribution in [0.5, 0.6) is 0 Å². The van der Waals surface area contributed by atoms with Gasteiger partial charge in [0.15, 0.2) is 6.10 Å². The van der Waals surface area contributed by atoms with E-state index in [1.54, 1.807) is 6.20 Å². The highest BCUT2D eigenvalue weighted by atomic mass is 32.2. The summed E-state index contributed by atoms with van der Waals surface area (Å²) in [6, 6.07) is 12.4. The van der Waals surface area contributed by atoms with E-state index in [2.05, 4.69) is 33.2 Å². The molecular weight excluding hydrogens is 629 g/mol. The fourth-order valence-corrected chi connectivity index (χ4v) is 8.01. The highest BCUT2D eigenvalue weighted by Crippen LogP contribution is 2.49. The minimum atomic E-state index is -3.71. The summed E-state index contributed by atoms with van der Waals surface area (Å²) in [6.45, 7) is 17.8. The molecule has 0 bridgehead atoms. The van der Waals surface area contributed by atoms with Crippen LogP contribution < -0.4 is 9.21 Å². The van der Waals surface area contributed by atoms with Crippen molar-refractivity contribution in [3.63, 3.8) is 0 Å². The molecule has 4 heterocycles. The average Bonchev–Trinajstić information content (AvgIpc) is 3.41. The summed E-state index contributed by atoms with van der Waals surface area (Å²) in [5.74, 6) is -0.491. The number of piperazine rings is 1. The zero-order valence-electron chi connectivity index (χ0n) is 29.1. The van der Waals surface area contributed by atoms with Gasteiger partial charge in [-0.25, -0.2) is 23.2 Å². The molecule has 2 aliphatic heterocycles. The molecule has 0 aliphatic carbocycles. The fourth-order valence-electron chi connectivity index (χ4n) is 7.04. The monoisotopic (exact) mass is 674 g/mol. The number of hydrogen-bond donors (Lipinski definition) is 1. The first kappa shape index (κ1) is 33.9. The quantitative estimate of drug-likeness (QED) is 0.253. The van der Waals surface area contributed by atoms with Crippen LogP contribution in [-0.2, 0) is 26.1 Å². The summed E-state index contributed by atoms with van der Waals surface area (Å²) in [7, 11) is -3.71. The number of hydrogen-bond acceptors (Lipinski definition) is 8. The highest BCUT2D eigenvalue weighted by molar-refractivity contribution is 7.92. The van der Waals surface area contributed by atoms with Gasteiger partial charge >= 0.3 is 5.97 Å². The van der Waals surface area contributed by atoms with Gasteiger partial charge in [0.25, 0.3) is 0 Å². The zero-order chi connectivity index (χ0) is 34.7. The Hall–Kier alpha value is -4.00. The van der Waals surface area contributed by atoms with Crippen molar-refractivity contribution in [2.75, 3.05) is 48.2 Å². The first-order valence-electron chi connectivity index (χ1n) is 16.5. The number of carboxylic acid groups (broad SMARTS) is 1. The van der Waals surface area contributed by atoms with Crippen LogP contribution >= 0.6 is 0 Å². The maximum Gasteiger partial charge on any atom is 0.337 e. The predicted octanol–water partition coefficient (Wildman–Crippen LogP) is 5.63. The van der Waals surface area contributed by atoms with Crippen LogP contribution in [0.1, 0.15) is 57.4 Å². The largest absolute Gasteiger partial charge is 0.479 e. The van der Waals surface area contributed by atoms with E-state index in [1.807, 2.05) is 71.0 Å². The number of carboxylic acids is 1. The van der Waals surface area contributed by atoms with E-state index in [0.29, 0.717) is 40.9 Å². The molecule has 0 saturated carbocycles. The maximum absolute atomic E-state index is 13.3. The molecule has 2 aromatic heterocycles. The van der Waals surface area contributed by atoms with Crippen LogP contribution in [-0.4, -0.2) is 89.6 Å². The van der Waals surface area contributed by atoms with Crippen molar-refractivity contribution in [2.24, 2.45) is 0 Å². The average molecular weight is 675 g/mol. The second-order valence-corrected chi connectivity index (χ2v) is 16.1. The van der Waals surface area contributed by atoms with E-state index < -0.39 is 27.7 Å². The molecule has 0 amide bonds. The summed E-state index contributed by atoms with van der Waals surface area (Å²) < 4.78 is 36.5. The van der Waals surface area contributed by atoms with E-state index in [-0.39, 0.29) is 6.54 Å². The van der Waals surface area contributed by atoms with Gasteiger partial charge in [0.1, 0.15) is 0 Å². The number of nitrogens with zero attached hydrogens (tertiary/aromatic N) is 6. The molecule has 2 aliphatic rings. The van der Waals surface area contributed by atoms with Crippen molar-refractivity contribution >= 4 is 38.5 Å². The molecule has 1 N–H and O–H groups in total. The summed E-state index contributed by atoms with van der Waals surface area (Å²) in [6.07, 6.45) is 1.62. The van der Waals surface area contributed by atoms with Crippen molar-refractivity contribution in [1.29, 1.82) is 0 Å². The Balaban J connectivity index is 1.64. The van der Waals surface area contributed by atoms with E-state index in [9.17, 15) is 18.3 Å². The Bertz CT molecular complexity index is 1970. The van der Waals surface area contributed by atoms with Crippen LogP contribution in [0.25, 0.3) is 33.4 Å². The van der Waals surface area contributed by atoms with Crippen molar-refractivity contribution in [2.45, 2.75) is 72.8 Å². The summed E-state index contributed by atoms with van der Waals surface area (Å²) in [4.78, 5) is 27.4. The number of benzene rings is 2. The third kappa shape index (κ3) is 6.28. The van der Waals surface area contributed by atoms with Gasteiger partial charge in [-0.2, -0.15) is 0 Å². The van der Waals surface area contributed by atoms with Crippen LogP contribution in [0.4, 0.5) is 11.6 Å². The van der Waals surface area contributed by atoms with Crippen LogP contribution in [0, 0.1) is 13.8 Å². The third-order valence-corrected chi connectivity index (χ3v) is 10.5. The van der Waals surface area contributed by atoms with Gasteiger partial charge < -0.3 is 19.3 Å². The molecule has 1 atom stereocenters. The second kappa shape index (κ2) is 12.5. The van der Waals surface area contributed by atoms with Gasteiger partial charge in [-0.1, -0.05) is 29.8 Å². The van der Waals surface area contributed by atoms with E-state index >= 15 is 0 Å². The van der Waals surface area contributed by atoms with Crippen molar-refractivity contribution < 1.29 is 23.1 Å². The molecule has 1 fully saturated rings. The molecule has 1 unspecified atom stereocenters. The lowest BCUT2D eigenvalue weighted by Crippen LogP contribution is -2.49. The molecule has 0 radical (unpaired) electrons. The maximum atomic E-state index is 13.3. The van der Waals surface area contributed by atoms with E-state index in [4.69, 9.17) is 9.72 Å². The second-order valence-electron chi connectivity index (χ2n) is 14.2. The molecule has 12 heteroatoms. The molecular formula is C36H46N6O5S. The topological polar surface area (TPSA) is 121 Å². The first-order chi connectivity index (χ1) is 22.5. The lowest BCUT2D eigenvalue weighted by Gasteiger charge is -2.37.